The molecule has 0 saturated carbocycles. The molecule has 0 bridgehead atoms. The largest absolute Gasteiger partial charge is 0.461 e. The van der Waals surface area contributed by atoms with Gasteiger partial charge < -0.3 is 14.2 Å². The summed E-state index contributed by atoms with van der Waals surface area (Å²) < 4.78 is 17.9. The van der Waals surface area contributed by atoms with Crippen molar-refractivity contribution in [3.63, 3.8) is 0 Å². The first-order valence-corrected chi connectivity index (χ1v) is 8.95. The Morgan fingerprint density at radius 2 is 1.80 bits per heavy atom. The second-order valence-corrected chi connectivity index (χ2v) is 8.46. The van der Waals surface area contributed by atoms with Crippen LogP contribution in [0.3, 0.4) is 0 Å². The van der Waals surface area contributed by atoms with Crippen LogP contribution < -0.4 is 0 Å². The van der Waals surface area contributed by atoms with Crippen molar-refractivity contribution in [1.29, 1.82) is 0 Å². The topological polar surface area (TPSA) is 44.8 Å². The van der Waals surface area contributed by atoms with Crippen molar-refractivity contribution >= 4 is 12.0 Å². The van der Waals surface area contributed by atoms with E-state index in [2.05, 4.69) is 20.8 Å². The smallest absolute Gasteiger partial charge is 0.314 e. The van der Waals surface area contributed by atoms with Crippen LogP contribution in [0.4, 0.5) is 0 Å². The molecule has 2 fully saturated rings. The molecule has 0 aliphatic carbocycles. The summed E-state index contributed by atoms with van der Waals surface area (Å²) in [7, 11) is 0. The molecule has 4 unspecified atom stereocenters. The highest BCUT2D eigenvalue weighted by Gasteiger charge is 2.52. The molecule has 2 aliphatic rings. The zero-order valence-electron chi connectivity index (χ0n) is 15.7. The first-order valence-electron chi connectivity index (χ1n) is 8.95. The van der Waals surface area contributed by atoms with Crippen LogP contribution in [0.2, 0.25) is 0 Å². The van der Waals surface area contributed by atoms with Gasteiger partial charge in [0.25, 0.3) is 0 Å². The Bertz CT molecular complexity index is 642. The molecule has 2 saturated heterocycles. The number of ether oxygens (including phenoxy) is 3. The zero-order chi connectivity index (χ0) is 18.2. The Hall–Kier alpha value is -1.65. The van der Waals surface area contributed by atoms with Crippen molar-refractivity contribution in [2.75, 3.05) is 0 Å². The van der Waals surface area contributed by atoms with E-state index in [0.29, 0.717) is 6.42 Å². The van der Waals surface area contributed by atoms with E-state index in [1.165, 1.54) is 0 Å². The fourth-order valence-electron chi connectivity index (χ4n) is 3.50. The monoisotopic (exact) mass is 344 g/mol. The molecular weight excluding hydrogens is 316 g/mol. The van der Waals surface area contributed by atoms with Crippen molar-refractivity contribution in [2.45, 2.75) is 65.1 Å². The highest BCUT2D eigenvalue weighted by Crippen LogP contribution is 2.41. The highest BCUT2D eigenvalue weighted by atomic mass is 16.7. The van der Waals surface area contributed by atoms with Crippen LogP contribution in [0, 0.1) is 11.3 Å². The Morgan fingerprint density at radius 1 is 1.12 bits per heavy atom. The van der Waals surface area contributed by atoms with Crippen molar-refractivity contribution in [3.05, 3.63) is 42.0 Å². The summed E-state index contributed by atoms with van der Waals surface area (Å²) in [6.45, 7) is 10.1. The number of hydrogen-bond acceptors (Lipinski definition) is 4. The van der Waals surface area contributed by atoms with Crippen molar-refractivity contribution < 1.29 is 19.0 Å². The summed E-state index contributed by atoms with van der Waals surface area (Å²) in [5, 5.41) is 0. The molecule has 0 radical (unpaired) electrons. The number of cyclic esters (lactones) is 1. The standard InChI is InChI=1S/C21H28O4/c1-20(2,3)17-13-16-18(19(22)23-17)15(24-21(4,5)25-16)12-11-14-9-7-6-8-10-14/h6-12,15-18H,13H2,1-5H3. The predicted octanol–water partition coefficient (Wildman–Crippen LogP) is 4.20. The first kappa shape index (κ1) is 18.2. The minimum atomic E-state index is -0.729. The minimum Gasteiger partial charge on any atom is -0.461 e. The summed E-state index contributed by atoms with van der Waals surface area (Å²) in [6, 6.07) is 9.99. The van der Waals surface area contributed by atoms with Gasteiger partial charge in [-0.15, -0.1) is 0 Å². The van der Waals surface area contributed by atoms with Crippen LogP contribution in [0.5, 0.6) is 0 Å². The van der Waals surface area contributed by atoms with Crippen molar-refractivity contribution in [1.82, 2.24) is 0 Å². The molecule has 2 heterocycles. The van der Waals surface area contributed by atoms with Crippen molar-refractivity contribution in [2.24, 2.45) is 11.3 Å². The van der Waals surface area contributed by atoms with Gasteiger partial charge in [-0.3, -0.25) is 4.79 Å². The van der Waals surface area contributed by atoms with Gasteiger partial charge in [-0.2, -0.15) is 0 Å². The van der Waals surface area contributed by atoms with Crippen LogP contribution >= 0.6 is 0 Å². The number of benzene rings is 1. The Balaban J connectivity index is 1.84. The summed E-state index contributed by atoms with van der Waals surface area (Å²) in [5.41, 5.74) is 0.964. The maximum atomic E-state index is 12.7. The molecule has 2 aliphatic heterocycles. The molecule has 0 N–H and O–H groups in total. The van der Waals surface area contributed by atoms with E-state index >= 15 is 0 Å². The van der Waals surface area contributed by atoms with Gasteiger partial charge in [0.15, 0.2) is 5.79 Å². The number of hydrogen-bond donors (Lipinski definition) is 0. The number of carbonyl (C=O) groups is 1. The Kier molecular flexibility index (Phi) is 4.78. The van der Waals surface area contributed by atoms with Crippen LogP contribution in [-0.4, -0.2) is 30.1 Å². The van der Waals surface area contributed by atoms with Gasteiger partial charge in [0.2, 0.25) is 0 Å². The van der Waals surface area contributed by atoms with E-state index in [0.717, 1.165) is 5.56 Å². The van der Waals surface area contributed by atoms with E-state index in [4.69, 9.17) is 14.2 Å². The number of esters is 1. The summed E-state index contributed by atoms with van der Waals surface area (Å²) in [6.07, 6.45) is 3.95. The molecule has 0 spiro atoms. The second-order valence-electron chi connectivity index (χ2n) is 8.46. The lowest BCUT2D eigenvalue weighted by Gasteiger charge is -2.49. The maximum absolute atomic E-state index is 12.7. The van der Waals surface area contributed by atoms with E-state index in [-0.39, 0.29) is 29.7 Å². The maximum Gasteiger partial charge on any atom is 0.314 e. The number of fused-ring (bicyclic) bond motifs is 1. The van der Waals surface area contributed by atoms with Crippen LogP contribution in [-0.2, 0) is 19.0 Å². The minimum absolute atomic E-state index is 0.109. The lowest BCUT2D eigenvalue weighted by molar-refractivity contribution is -0.322. The second kappa shape index (κ2) is 6.58. The van der Waals surface area contributed by atoms with Gasteiger partial charge in [-0.1, -0.05) is 63.3 Å². The molecule has 4 heteroatoms. The summed E-state index contributed by atoms with van der Waals surface area (Å²) in [5.74, 6) is -1.38. The van der Waals surface area contributed by atoms with Gasteiger partial charge in [0, 0.05) is 6.42 Å². The Morgan fingerprint density at radius 3 is 2.44 bits per heavy atom. The van der Waals surface area contributed by atoms with E-state index < -0.39 is 11.7 Å². The molecule has 0 amide bonds. The fraction of sp³-hybridized carbons (Fsp3) is 0.571. The van der Waals surface area contributed by atoms with E-state index in [9.17, 15) is 4.79 Å². The van der Waals surface area contributed by atoms with Crippen molar-refractivity contribution in [3.8, 4) is 0 Å². The normalized spacial score (nSPS) is 32.3. The van der Waals surface area contributed by atoms with Crippen LogP contribution in [0.25, 0.3) is 6.08 Å². The zero-order valence-corrected chi connectivity index (χ0v) is 15.7. The predicted molar refractivity (Wildman–Crippen MR) is 96.7 cm³/mol. The molecule has 1 aromatic rings. The van der Waals surface area contributed by atoms with Gasteiger partial charge in [0.05, 0.1) is 12.2 Å². The molecule has 136 valence electrons. The summed E-state index contributed by atoms with van der Waals surface area (Å²) in [4.78, 5) is 12.7. The number of rotatable bonds is 2. The van der Waals surface area contributed by atoms with E-state index in [1.807, 2.05) is 56.3 Å². The summed E-state index contributed by atoms with van der Waals surface area (Å²) >= 11 is 0. The van der Waals surface area contributed by atoms with Gasteiger partial charge in [-0.05, 0) is 24.8 Å². The average molecular weight is 344 g/mol. The fourth-order valence-corrected chi connectivity index (χ4v) is 3.50. The first-order chi connectivity index (χ1) is 11.7. The number of carbonyl (C=O) groups excluding carboxylic acids is 1. The molecule has 4 atom stereocenters. The lowest BCUT2D eigenvalue weighted by Crippen LogP contribution is -2.58. The van der Waals surface area contributed by atoms with Gasteiger partial charge in [0.1, 0.15) is 12.0 Å². The quantitative estimate of drug-likeness (QED) is 0.754. The van der Waals surface area contributed by atoms with Crippen LogP contribution in [0.1, 0.15) is 46.6 Å². The van der Waals surface area contributed by atoms with Gasteiger partial charge >= 0.3 is 5.97 Å². The van der Waals surface area contributed by atoms with Gasteiger partial charge in [-0.25, -0.2) is 0 Å². The third kappa shape index (κ3) is 4.13. The Labute approximate surface area is 150 Å². The molecule has 3 rings (SSSR count). The molecule has 25 heavy (non-hydrogen) atoms. The highest BCUT2D eigenvalue weighted by molar-refractivity contribution is 5.76. The third-order valence-corrected chi connectivity index (χ3v) is 4.83. The average Bonchev–Trinajstić information content (AvgIpc) is 2.51. The van der Waals surface area contributed by atoms with Crippen LogP contribution in [0.15, 0.2) is 36.4 Å². The van der Waals surface area contributed by atoms with E-state index in [1.54, 1.807) is 0 Å². The SMILES string of the molecule is CC1(C)OC(C=Cc2ccccc2)C2C(=O)OC(C(C)(C)C)CC2O1. The molecule has 1 aromatic carbocycles. The third-order valence-electron chi connectivity index (χ3n) is 4.83. The molecule has 4 nitrogen and oxygen atoms in total. The molecule has 0 aromatic heterocycles. The lowest BCUT2D eigenvalue weighted by atomic mass is 9.79. The molecular formula is C21H28O4.